The van der Waals surface area contributed by atoms with Gasteiger partial charge in [-0.05, 0) is 67.9 Å². The van der Waals surface area contributed by atoms with Crippen LogP contribution in [0.3, 0.4) is 0 Å². The van der Waals surface area contributed by atoms with Crippen LogP contribution in [-0.2, 0) is 18.6 Å². The third kappa shape index (κ3) is 3.71. The Morgan fingerprint density at radius 2 is 1.83 bits per heavy atom. The number of alkyl halides is 3. The number of aromatic nitrogens is 3. The first kappa shape index (κ1) is 20.8. The molecule has 2 bridgehead atoms. The maximum atomic E-state index is 13.5. The van der Waals surface area contributed by atoms with Gasteiger partial charge in [0.05, 0.1) is 5.56 Å². The van der Waals surface area contributed by atoms with Gasteiger partial charge < -0.3 is 4.57 Å². The van der Waals surface area contributed by atoms with E-state index in [-0.39, 0.29) is 11.0 Å². The Morgan fingerprint density at radius 1 is 1.10 bits per heavy atom. The molecule has 0 aliphatic heterocycles. The number of halogens is 3. The van der Waals surface area contributed by atoms with Gasteiger partial charge in [-0.3, -0.25) is 0 Å². The molecule has 3 nitrogen and oxygen atoms in total. The quantitative estimate of drug-likeness (QED) is 0.494. The number of fused-ring (bicyclic) bond motifs is 2. The first-order chi connectivity index (χ1) is 13.8. The molecule has 2 saturated carbocycles. The third-order valence-corrected chi connectivity index (χ3v) is 7.99. The second-order valence-electron chi connectivity index (χ2n) is 8.71. The Bertz CT molecular complexity index is 866. The highest BCUT2D eigenvalue weighted by Gasteiger charge is 2.56. The molecule has 1 heterocycles. The van der Waals surface area contributed by atoms with Gasteiger partial charge in [0, 0.05) is 18.0 Å². The van der Waals surface area contributed by atoms with Crippen molar-refractivity contribution in [3.63, 3.8) is 0 Å². The molecule has 2 aromatic rings. The fraction of sp³-hybridized carbons (Fsp3) is 0.636. The van der Waals surface area contributed by atoms with Crippen molar-refractivity contribution in [2.45, 2.75) is 63.5 Å². The Hall–Kier alpha value is -1.50. The monoisotopic (exact) mass is 423 g/mol. The van der Waals surface area contributed by atoms with Crippen LogP contribution in [0.2, 0.25) is 0 Å². The number of rotatable bonds is 7. The maximum Gasteiger partial charge on any atom is 0.417 e. The molecule has 0 atom stereocenters. The highest BCUT2D eigenvalue weighted by atomic mass is 32.2. The van der Waals surface area contributed by atoms with Gasteiger partial charge in [-0.1, -0.05) is 25.1 Å². The van der Waals surface area contributed by atoms with Crippen LogP contribution in [0.25, 0.3) is 11.4 Å². The van der Waals surface area contributed by atoms with Crippen LogP contribution >= 0.6 is 11.8 Å². The molecule has 29 heavy (non-hydrogen) atoms. The second-order valence-corrected chi connectivity index (χ2v) is 10.1. The lowest BCUT2D eigenvalue weighted by Crippen LogP contribution is -2.24. The number of nitrogens with zero attached hydrogens (tertiary/aromatic N) is 3. The molecule has 1 aromatic heterocycles. The van der Waals surface area contributed by atoms with Crippen LogP contribution in [0.15, 0.2) is 24.3 Å². The van der Waals surface area contributed by atoms with Crippen molar-refractivity contribution in [2.75, 3.05) is 11.5 Å². The van der Waals surface area contributed by atoms with Crippen LogP contribution in [-0.4, -0.2) is 26.3 Å². The summed E-state index contributed by atoms with van der Waals surface area (Å²) in [5.41, 5.74) is -0.174. The van der Waals surface area contributed by atoms with Crippen molar-refractivity contribution in [2.24, 2.45) is 12.5 Å². The fourth-order valence-corrected chi connectivity index (χ4v) is 6.25. The lowest BCUT2D eigenvalue weighted by atomic mass is 9.79. The first-order valence-corrected chi connectivity index (χ1v) is 11.6. The van der Waals surface area contributed by atoms with Crippen molar-refractivity contribution in [1.82, 2.24) is 14.8 Å². The summed E-state index contributed by atoms with van der Waals surface area (Å²) >= 11 is 2.00. The molecule has 0 amide bonds. The summed E-state index contributed by atoms with van der Waals surface area (Å²) in [5, 5.41) is 8.68. The lowest BCUT2D eigenvalue weighted by Gasteiger charge is -2.27. The van der Waals surface area contributed by atoms with Crippen molar-refractivity contribution >= 4 is 11.8 Å². The zero-order valence-corrected chi connectivity index (χ0v) is 17.9. The van der Waals surface area contributed by atoms with E-state index < -0.39 is 11.7 Å². The molecule has 4 rings (SSSR count). The average molecular weight is 424 g/mol. The van der Waals surface area contributed by atoms with E-state index in [2.05, 4.69) is 17.1 Å². The van der Waals surface area contributed by atoms with Gasteiger partial charge in [0.2, 0.25) is 0 Å². The Morgan fingerprint density at radius 3 is 2.52 bits per heavy atom. The van der Waals surface area contributed by atoms with E-state index in [9.17, 15) is 13.2 Å². The van der Waals surface area contributed by atoms with Gasteiger partial charge >= 0.3 is 6.18 Å². The molecule has 0 unspecified atom stereocenters. The van der Waals surface area contributed by atoms with E-state index >= 15 is 0 Å². The van der Waals surface area contributed by atoms with E-state index in [1.165, 1.54) is 43.6 Å². The van der Waals surface area contributed by atoms with Crippen LogP contribution < -0.4 is 0 Å². The normalized spacial score (nSPS) is 26.4. The van der Waals surface area contributed by atoms with Crippen LogP contribution in [0.1, 0.15) is 63.3 Å². The topological polar surface area (TPSA) is 30.7 Å². The Balaban J connectivity index is 1.60. The average Bonchev–Trinajstić information content (AvgIpc) is 3.37. The molecule has 1 aromatic carbocycles. The highest BCUT2D eigenvalue weighted by molar-refractivity contribution is 7.99. The van der Waals surface area contributed by atoms with Gasteiger partial charge in [0.1, 0.15) is 5.82 Å². The molecule has 0 saturated heterocycles. The standard InChI is InChI=1S/C22H28F3N3S/c1-3-29-14-6-9-20-10-12-21(15-20,13-11-20)19-27-26-18(28(19)2)16-7-4-5-8-17(16)22(23,24)25/h4-5,7-8H,3,6,9-15H2,1-2H3. The van der Waals surface area contributed by atoms with Crippen LogP contribution in [0.5, 0.6) is 0 Å². The Labute approximate surface area is 174 Å². The highest BCUT2D eigenvalue weighted by Crippen LogP contribution is 2.63. The number of hydrogen-bond acceptors (Lipinski definition) is 3. The summed E-state index contributed by atoms with van der Waals surface area (Å²) in [7, 11) is 1.82. The fourth-order valence-electron chi connectivity index (χ4n) is 5.62. The molecule has 7 heteroatoms. The van der Waals surface area contributed by atoms with Crippen molar-refractivity contribution < 1.29 is 13.2 Å². The number of thioether (sulfide) groups is 1. The van der Waals surface area contributed by atoms with E-state index in [1.54, 1.807) is 6.07 Å². The van der Waals surface area contributed by atoms with Crippen LogP contribution in [0.4, 0.5) is 13.2 Å². The van der Waals surface area contributed by atoms with E-state index in [0.717, 1.165) is 36.9 Å². The number of hydrogen-bond donors (Lipinski definition) is 0. The minimum atomic E-state index is -4.41. The summed E-state index contributed by atoms with van der Waals surface area (Å²) in [6.45, 7) is 2.20. The zero-order valence-electron chi connectivity index (χ0n) is 17.1. The molecule has 158 valence electrons. The predicted octanol–water partition coefficient (Wildman–Crippen LogP) is 6.24. The van der Waals surface area contributed by atoms with E-state index in [4.69, 9.17) is 0 Å². The molecule has 0 radical (unpaired) electrons. The SMILES string of the molecule is CCSCCCC12CCC(c3nnc(-c4ccccc4C(F)(F)F)n3C)(CC1)C2. The van der Waals surface area contributed by atoms with Crippen molar-refractivity contribution in [1.29, 1.82) is 0 Å². The summed E-state index contributed by atoms with van der Waals surface area (Å²) in [6.07, 6.45) is 3.73. The van der Waals surface area contributed by atoms with Crippen LogP contribution in [0, 0.1) is 5.41 Å². The van der Waals surface area contributed by atoms with Gasteiger partial charge in [-0.15, -0.1) is 10.2 Å². The maximum absolute atomic E-state index is 13.5. The molecule has 0 N–H and O–H groups in total. The molecule has 2 aliphatic carbocycles. The number of benzene rings is 1. The molecule has 2 fully saturated rings. The van der Waals surface area contributed by atoms with E-state index in [1.807, 2.05) is 23.4 Å². The zero-order chi connectivity index (χ0) is 20.7. The van der Waals surface area contributed by atoms with Gasteiger partial charge in [0.15, 0.2) is 5.82 Å². The minimum absolute atomic E-state index is 0.0227. The summed E-state index contributed by atoms with van der Waals surface area (Å²) in [4.78, 5) is 0. The van der Waals surface area contributed by atoms with Crippen molar-refractivity contribution in [3.8, 4) is 11.4 Å². The largest absolute Gasteiger partial charge is 0.417 e. The molecule has 2 aliphatic rings. The predicted molar refractivity (Wildman–Crippen MR) is 111 cm³/mol. The summed E-state index contributed by atoms with van der Waals surface area (Å²) in [6, 6.07) is 5.66. The Kier molecular flexibility index (Phi) is 5.47. The smallest absolute Gasteiger partial charge is 0.314 e. The van der Waals surface area contributed by atoms with Crippen molar-refractivity contribution in [3.05, 3.63) is 35.7 Å². The lowest BCUT2D eigenvalue weighted by molar-refractivity contribution is -0.137. The second kappa shape index (κ2) is 7.64. The molecule has 0 spiro atoms. The molecular weight excluding hydrogens is 395 g/mol. The summed E-state index contributed by atoms with van der Waals surface area (Å²) < 4.78 is 42.3. The summed E-state index contributed by atoms with van der Waals surface area (Å²) in [5.74, 6) is 3.56. The molecular formula is C22H28F3N3S. The third-order valence-electron chi connectivity index (χ3n) is 7.00. The first-order valence-electron chi connectivity index (χ1n) is 10.4. The van der Waals surface area contributed by atoms with E-state index in [0.29, 0.717) is 11.2 Å². The van der Waals surface area contributed by atoms with Gasteiger partial charge in [0.25, 0.3) is 0 Å². The van der Waals surface area contributed by atoms with Gasteiger partial charge in [-0.25, -0.2) is 0 Å². The minimum Gasteiger partial charge on any atom is -0.314 e. The van der Waals surface area contributed by atoms with Gasteiger partial charge in [-0.2, -0.15) is 24.9 Å².